The Bertz CT molecular complexity index is 1110. The molecular weight excluding hydrogens is 386 g/mol. The van der Waals surface area contributed by atoms with Crippen LogP contribution in [0, 0.1) is 13.8 Å². The van der Waals surface area contributed by atoms with Crippen LogP contribution in [0.5, 0.6) is 11.5 Å². The summed E-state index contributed by atoms with van der Waals surface area (Å²) in [7, 11) is 3.23. The summed E-state index contributed by atoms with van der Waals surface area (Å²) < 4.78 is 12.1. The van der Waals surface area contributed by atoms with Crippen LogP contribution < -0.4 is 14.8 Å². The maximum absolute atomic E-state index is 5.47. The molecule has 0 saturated carbocycles. The second-order valence-electron chi connectivity index (χ2n) is 6.57. The number of rotatable bonds is 6. The van der Waals surface area contributed by atoms with Crippen molar-refractivity contribution in [3.8, 4) is 22.8 Å². The molecule has 0 unspecified atom stereocenters. The first kappa shape index (κ1) is 19.1. The van der Waals surface area contributed by atoms with E-state index in [4.69, 9.17) is 14.5 Å². The molecule has 4 rings (SSSR count). The fourth-order valence-electron chi connectivity index (χ4n) is 3.06. The molecule has 2 aromatic carbocycles. The van der Waals surface area contributed by atoms with Crippen molar-refractivity contribution in [3.05, 3.63) is 52.7 Å². The second-order valence-corrected chi connectivity index (χ2v) is 7.68. The Morgan fingerprint density at radius 1 is 1.00 bits per heavy atom. The molecule has 0 radical (unpaired) electrons. The van der Waals surface area contributed by atoms with Gasteiger partial charge in [-0.15, -0.1) is 16.4 Å². The lowest BCUT2D eigenvalue weighted by Gasteiger charge is -2.12. The van der Waals surface area contributed by atoms with Crippen LogP contribution >= 0.6 is 11.3 Å². The first-order valence-corrected chi connectivity index (χ1v) is 9.92. The van der Waals surface area contributed by atoms with Gasteiger partial charge in [0.25, 0.3) is 0 Å². The van der Waals surface area contributed by atoms with Gasteiger partial charge in [-0.2, -0.15) is 5.10 Å². The number of aromatic nitrogens is 4. The smallest absolute Gasteiger partial charge is 0.243 e. The standard InChI is InChI=1S/C21H21N5O2S/c1-12-8-14-18(9-13(12)2)29-19(24-14)11-22-21-25-15(10-23-26-21)20-16(27-3)6-5-7-17(20)28-4/h5-10H,11H2,1-4H3,(H,22,25,26). The third-order valence-electron chi connectivity index (χ3n) is 4.69. The van der Waals surface area contributed by atoms with Crippen LogP contribution in [0.4, 0.5) is 5.95 Å². The van der Waals surface area contributed by atoms with Crippen LogP contribution in [0.1, 0.15) is 16.1 Å². The normalized spacial score (nSPS) is 10.9. The highest BCUT2D eigenvalue weighted by atomic mass is 32.1. The van der Waals surface area contributed by atoms with E-state index < -0.39 is 0 Å². The molecule has 0 amide bonds. The minimum Gasteiger partial charge on any atom is -0.496 e. The third kappa shape index (κ3) is 3.84. The van der Waals surface area contributed by atoms with E-state index in [9.17, 15) is 0 Å². The molecule has 0 aliphatic carbocycles. The Morgan fingerprint density at radius 3 is 2.45 bits per heavy atom. The van der Waals surface area contributed by atoms with Gasteiger partial charge in [-0.3, -0.25) is 0 Å². The minimum absolute atomic E-state index is 0.419. The number of hydrogen-bond acceptors (Lipinski definition) is 8. The fourth-order valence-corrected chi connectivity index (χ4v) is 4.05. The monoisotopic (exact) mass is 407 g/mol. The van der Waals surface area contributed by atoms with Gasteiger partial charge < -0.3 is 14.8 Å². The third-order valence-corrected chi connectivity index (χ3v) is 5.71. The van der Waals surface area contributed by atoms with Gasteiger partial charge >= 0.3 is 0 Å². The van der Waals surface area contributed by atoms with Crippen LogP contribution in [-0.4, -0.2) is 34.4 Å². The van der Waals surface area contributed by atoms with E-state index >= 15 is 0 Å². The number of thiazole rings is 1. The Morgan fingerprint density at radius 2 is 1.72 bits per heavy atom. The van der Waals surface area contributed by atoms with E-state index in [2.05, 4.69) is 46.5 Å². The molecule has 29 heavy (non-hydrogen) atoms. The van der Waals surface area contributed by atoms with Crippen molar-refractivity contribution in [2.45, 2.75) is 20.4 Å². The number of methoxy groups -OCH3 is 2. The molecule has 4 aromatic rings. The van der Waals surface area contributed by atoms with E-state index in [1.807, 2.05) is 18.2 Å². The number of ether oxygens (including phenoxy) is 2. The Hall–Kier alpha value is -3.26. The summed E-state index contributed by atoms with van der Waals surface area (Å²) in [5.41, 5.74) is 4.88. The average Bonchev–Trinajstić information content (AvgIpc) is 3.13. The van der Waals surface area contributed by atoms with Crippen molar-refractivity contribution < 1.29 is 9.47 Å². The largest absolute Gasteiger partial charge is 0.496 e. The summed E-state index contributed by atoms with van der Waals surface area (Å²) in [5, 5.41) is 12.4. The molecule has 0 fully saturated rings. The van der Waals surface area contributed by atoms with Crippen molar-refractivity contribution in [2.75, 3.05) is 19.5 Å². The van der Waals surface area contributed by atoms with E-state index in [0.29, 0.717) is 29.7 Å². The van der Waals surface area contributed by atoms with Gasteiger partial charge in [-0.25, -0.2) is 9.97 Å². The molecule has 0 saturated heterocycles. The highest BCUT2D eigenvalue weighted by molar-refractivity contribution is 7.18. The van der Waals surface area contributed by atoms with E-state index in [1.165, 1.54) is 15.8 Å². The molecular formula is C21H21N5O2S. The molecule has 2 heterocycles. The lowest BCUT2D eigenvalue weighted by atomic mass is 10.1. The number of hydrogen-bond donors (Lipinski definition) is 1. The number of benzene rings is 2. The Balaban J connectivity index is 1.59. The van der Waals surface area contributed by atoms with Crippen molar-refractivity contribution in [2.24, 2.45) is 0 Å². The van der Waals surface area contributed by atoms with Gasteiger partial charge in [0.1, 0.15) is 22.2 Å². The van der Waals surface area contributed by atoms with E-state index in [0.717, 1.165) is 16.1 Å². The number of nitrogens with one attached hydrogen (secondary N) is 1. The van der Waals surface area contributed by atoms with E-state index in [-0.39, 0.29) is 0 Å². The van der Waals surface area contributed by atoms with Crippen molar-refractivity contribution in [1.82, 2.24) is 20.2 Å². The highest BCUT2D eigenvalue weighted by Gasteiger charge is 2.15. The summed E-state index contributed by atoms with van der Waals surface area (Å²) in [6.45, 7) is 4.73. The predicted molar refractivity (Wildman–Crippen MR) is 115 cm³/mol. The van der Waals surface area contributed by atoms with Crippen LogP contribution in [0.2, 0.25) is 0 Å². The van der Waals surface area contributed by atoms with Gasteiger partial charge in [0.2, 0.25) is 5.95 Å². The summed E-state index contributed by atoms with van der Waals surface area (Å²) >= 11 is 1.66. The van der Waals surface area contributed by atoms with Crippen molar-refractivity contribution in [3.63, 3.8) is 0 Å². The topological polar surface area (TPSA) is 82.0 Å². The first-order chi connectivity index (χ1) is 14.1. The number of nitrogens with zero attached hydrogens (tertiary/aromatic N) is 4. The summed E-state index contributed by atoms with van der Waals surface area (Å²) in [6.07, 6.45) is 1.59. The highest BCUT2D eigenvalue weighted by Crippen LogP contribution is 2.37. The molecule has 1 N–H and O–H groups in total. The van der Waals surface area contributed by atoms with Crippen LogP contribution in [0.25, 0.3) is 21.5 Å². The first-order valence-electron chi connectivity index (χ1n) is 9.10. The lowest BCUT2D eigenvalue weighted by molar-refractivity contribution is 0.397. The Kier molecular flexibility index (Phi) is 5.26. The van der Waals surface area contributed by atoms with Crippen LogP contribution in [-0.2, 0) is 6.54 Å². The summed E-state index contributed by atoms with van der Waals surface area (Å²) in [6, 6.07) is 9.89. The molecule has 7 nitrogen and oxygen atoms in total. The zero-order valence-corrected chi connectivity index (χ0v) is 17.5. The SMILES string of the molecule is COc1cccc(OC)c1-c1cnnc(NCc2nc3cc(C)c(C)cc3s2)n1. The minimum atomic E-state index is 0.419. The molecule has 148 valence electrons. The Labute approximate surface area is 172 Å². The van der Waals surface area contributed by atoms with E-state index in [1.54, 1.807) is 31.8 Å². The predicted octanol–water partition coefficient (Wildman–Crippen LogP) is 4.39. The van der Waals surface area contributed by atoms with Gasteiger partial charge in [-0.1, -0.05) is 6.07 Å². The maximum atomic E-state index is 5.47. The van der Waals surface area contributed by atoms with Gasteiger partial charge in [-0.05, 0) is 49.2 Å². The molecule has 8 heteroatoms. The number of fused-ring (bicyclic) bond motifs is 1. The van der Waals surface area contributed by atoms with Crippen molar-refractivity contribution in [1.29, 1.82) is 0 Å². The number of anilines is 1. The molecule has 0 aliphatic heterocycles. The molecule has 2 aromatic heterocycles. The quantitative estimate of drug-likeness (QED) is 0.507. The molecule has 0 spiro atoms. The van der Waals surface area contributed by atoms with Gasteiger partial charge in [0.05, 0.1) is 42.7 Å². The zero-order valence-electron chi connectivity index (χ0n) is 16.7. The van der Waals surface area contributed by atoms with Gasteiger partial charge in [0.15, 0.2) is 0 Å². The fraction of sp³-hybridized carbons (Fsp3) is 0.238. The second kappa shape index (κ2) is 8.00. The van der Waals surface area contributed by atoms with Crippen LogP contribution in [0.15, 0.2) is 36.5 Å². The lowest BCUT2D eigenvalue weighted by Crippen LogP contribution is -2.05. The maximum Gasteiger partial charge on any atom is 0.243 e. The molecule has 0 bridgehead atoms. The zero-order chi connectivity index (χ0) is 20.4. The van der Waals surface area contributed by atoms with Crippen LogP contribution in [0.3, 0.4) is 0 Å². The average molecular weight is 407 g/mol. The van der Waals surface area contributed by atoms with Crippen molar-refractivity contribution >= 4 is 27.5 Å². The number of aryl methyl sites for hydroxylation is 2. The molecule has 0 aliphatic rings. The summed E-state index contributed by atoms with van der Waals surface area (Å²) in [5.74, 6) is 1.74. The molecule has 0 atom stereocenters. The summed E-state index contributed by atoms with van der Waals surface area (Å²) in [4.78, 5) is 9.29. The van der Waals surface area contributed by atoms with Gasteiger partial charge in [0, 0.05) is 0 Å².